The van der Waals surface area contributed by atoms with Crippen LogP contribution in [0.5, 0.6) is 0 Å². The molecule has 12 heavy (non-hydrogen) atoms. The van der Waals surface area contributed by atoms with Gasteiger partial charge in [0.05, 0.1) is 12.7 Å². The predicted molar refractivity (Wildman–Crippen MR) is 50.6 cm³/mol. The fourth-order valence-corrected chi connectivity index (χ4v) is 1.05. The Hall–Kier alpha value is -0.990. The van der Waals surface area contributed by atoms with Crippen LogP contribution in [0.2, 0.25) is 0 Å². The van der Waals surface area contributed by atoms with Crippen LogP contribution < -0.4 is 0 Å². The Morgan fingerprint density at radius 3 is 3.08 bits per heavy atom. The van der Waals surface area contributed by atoms with Crippen LogP contribution in [0.25, 0.3) is 0 Å². The van der Waals surface area contributed by atoms with Gasteiger partial charge in [0.15, 0.2) is 0 Å². The van der Waals surface area contributed by atoms with Gasteiger partial charge >= 0.3 is 5.95 Å². The van der Waals surface area contributed by atoms with Gasteiger partial charge in [0.25, 0.3) is 0 Å². The third-order valence-corrected chi connectivity index (χ3v) is 1.70. The third kappa shape index (κ3) is 2.26. The first-order valence-electron chi connectivity index (χ1n) is 3.82. The van der Waals surface area contributed by atoms with Crippen molar-refractivity contribution in [3.05, 3.63) is 19.3 Å². The number of thiocarbonyl (C=S) groups is 1. The summed E-state index contributed by atoms with van der Waals surface area (Å²) in [6.07, 6.45) is 5.34. The highest BCUT2D eigenvalue weighted by Gasteiger charge is 2.07. The molecule has 1 aromatic rings. The minimum Gasteiger partial charge on any atom is -0.245 e. The summed E-state index contributed by atoms with van der Waals surface area (Å²) >= 11 is 4.73. The first kappa shape index (κ1) is 9.10. The van der Waals surface area contributed by atoms with Crippen LogP contribution in [0.1, 0.15) is 12.8 Å². The van der Waals surface area contributed by atoms with Gasteiger partial charge < -0.3 is 0 Å². The van der Waals surface area contributed by atoms with E-state index in [0.29, 0.717) is 0 Å². The van der Waals surface area contributed by atoms with Gasteiger partial charge in [-0.1, -0.05) is 18.3 Å². The summed E-state index contributed by atoms with van der Waals surface area (Å²) in [5.74, 6) is 0.749. The van der Waals surface area contributed by atoms with E-state index < -0.39 is 0 Å². The zero-order chi connectivity index (χ0) is 8.81. The first-order chi connectivity index (χ1) is 5.88. The van der Waals surface area contributed by atoms with Gasteiger partial charge in [-0.3, -0.25) is 0 Å². The Morgan fingerprint density at radius 1 is 1.75 bits per heavy atom. The largest absolute Gasteiger partial charge is 0.404 e. The molecule has 0 bridgehead atoms. The fraction of sp³-hybridized carbons (Fsp3) is 0.375. The summed E-state index contributed by atoms with van der Waals surface area (Å²) in [5.41, 5.74) is 0. The molecule has 3 nitrogen and oxygen atoms in total. The number of hydrogen-bond donors (Lipinski definition) is 1. The SMILES string of the molecule is [CH2]CCC[N+](=C=S)c1ncc[nH]1. The van der Waals surface area contributed by atoms with Crippen LogP contribution in [0.3, 0.4) is 0 Å². The molecule has 1 heterocycles. The molecular formula is C8H11N3S+. The van der Waals surface area contributed by atoms with E-state index in [0.717, 1.165) is 25.3 Å². The maximum Gasteiger partial charge on any atom is 0.404 e. The van der Waals surface area contributed by atoms with Crippen molar-refractivity contribution in [2.24, 2.45) is 0 Å². The number of aromatic amines is 1. The standard InChI is InChI=1S/C8H11N3S/c1-2-3-6-11(7-12)8-9-4-5-10-8/h4-5H,1-3,6H2,(H,9,10)/q+1. The average Bonchev–Trinajstić information content (AvgIpc) is 2.59. The van der Waals surface area contributed by atoms with Crippen LogP contribution in [-0.4, -0.2) is 26.2 Å². The third-order valence-electron chi connectivity index (χ3n) is 1.48. The lowest BCUT2D eigenvalue weighted by molar-refractivity contribution is -0.440. The number of unbranched alkanes of at least 4 members (excludes halogenated alkanes) is 1. The number of nitrogens with zero attached hydrogens (tertiary/aromatic N) is 2. The molecule has 0 saturated carbocycles. The quantitative estimate of drug-likeness (QED) is 0.436. The van der Waals surface area contributed by atoms with E-state index in [1.807, 2.05) is 0 Å². The van der Waals surface area contributed by atoms with Crippen LogP contribution in [-0.2, 0) is 0 Å². The molecule has 63 valence electrons. The topological polar surface area (TPSA) is 31.7 Å². The molecule has 1 rings (SSSR count). The predicted octanol–water partition coefficient (Wildman–Crippen LogP) is 1.77. The smallest absolute Gasteiger partial charge is 0.245 e. The summed E-state index contributed by atoms with van der Waals surface area (Å²) < 4.78 is 1.78. The highest BCUT2D eigenvalue weighted by atomic mass is 32.1. The van der Waals surface area contributed by atoms with Crippen molar-refractivity contribution in [3.63, 3.8) is 0 Å². The van der Waals surface area contributed by atoms with Crippen molar-refractivity contribution in [2.75, 3.05) is 6.54 Å². The van der Waals surface area contributed by atoms with E-state index in [9.17, 15) is 0 Å². The normalized spacial score (nSPS) is 9.42. The van der Waals surface area contributed by atoms with Gasteiger partial charge in [-0.2, -0.15) is 4.58 Å². The minimum atomic E-state index is 0.749. The molecule has 0 aliphatic carbocycles. The highest BCUT2D eigenvalue weighted by Crippen LogP contribution is 2.01. The summed E-state index contributed by atoms with van der Waals surface area (Å²) in [5, 5.41) is 2.63. The lowest BCUT2D eigenvalue weighted by atomic mass is 10.3. The van der Waals surface area contributed by atoms with Crippen molar-refractivity contribution >= 4 is 23.3 Å². The molecular weight excluding hydrogens is 170 g/mol. The molecule has 0 aliphatic heterocycles. The van der Waals surface area contributed by atoms with Gasteiger partial charge in [-0.25, -0.2) is 4.98 Å². The average molecular weight is 181 g/mol. The lowest BCUT2D eigenvalue weighted by Gasteiger charge is -1.95. The van der Waals surface area contributed by atoms with E-state index in [1.54, 1.807) is 17.0 Å². The maximum atomic E-state index is 4.73. The second-order valence-electron chi connectivity index (χ2n) is 2.36. The second-order valence-corrected chi connectivity index (χ2v) is 2.55. The zero-order valence-corrected chi connectivity index (χ0v) is 7.60. The summed E-state index contributed by atoms with van der Waals surface area (Å²) in [7, 11) is 0. The first-order valence-corrected chi connectivity index (χ1v) is 4.23. The van der Waals surface area contributed by atoms with Crippen molar-refractivity contribution in [1.29, 1.82) is 0 Å². The van der Waals surface area contributed by atoms with E-state index >= 15 is 0 Å². The van der Waals surface area contributed by atoms with Crippen LogP contribution in [0.15, 0.2) is 12.4 Å². The van der Waals surface area contributed by atoms with Crippen molar-refractivity contribution in [3.8, 4) is 0 Å². The molecule has 0 fully saturated rings. The van der Waals surface area contributed by atoms with Crippen molar-refractivity contribution in [2.45, 2.75) is 12.8 Å². The summed E-state index contributed by atoms with van der Waals surface area (Å²) in [4.78, 5) is 7.02. The second kappa shape index (κ2) is 4.80. The van der Waals surface area contributed by atoms with Crippen LogP contribution in [0.4, 0.5) is 5.95 Å². The Bertz CT molecular complexity index is 273. The molecule has 0 amide bonds. The molecule has 0 unspecified atom stereocenters. The summed E-state index contributed by atoms with van der Waals surface area (Å²) in [6, 6.07) is 0. The molecule has 1 aromatic heterocycles. The number of hydrogen-bond acceptors (Lipinski definition) is 2. The molecule has 1 radical (unpaired) electrons. The maximum absolute atomic E-state index is 4.73. The van der Waals surface area contributed by atoms with Gasteiger partial charge in [0.2, 0.25) is 0 Å². The van der Waals surface area contributed by atoms with E-state index in [1.165, 1.54) is 0 Å². The number of nitrogens with one attached hydrogen (secondary N) is 1. The van der Waals surface area contributed by atoms with E-state index in [2.05, 4.69) is 22.1 Å². The van der Waals surface area contributed by atoms with Gasteiger partial charge in [-0.15, -0.1) is 0 Å². The monoisotopic (exact) mass is 181 g/mol. The summed E-state index contributed by atoms with van der Waals surface area (Å²) in [6.45, 7) is 4.57. The molecule has 0 saturated heterocycles. The number of rotatable bonds is 4. The fourth-order valence-electron chi connectivity index (χ4n) is 0.869. The zero-order valence-electron chi connectivity index (χ0n) is 6.79. The Labute approximate surface area is 77.1 Å². The molecule has 0 aliphatic rings. The van der Waals surface area contributed by atoms with Crippen molar-refractivity contribution in [1.82, 2.24) is 9.97 Å². The Morgan fingerprint density at radius 2 is 2.58 bits per heavy atom. The Kier molecular flexibility index (Phi) is 3.64. The molecule has 0 aromatic carbocycles. The van der Waals surface area contributed by atoms with E-state index in [4.69, 9.17) is 12.2 Å². The van der Waals surface area contributed by atoms with Crippen molar-refractivity contribution < 1.29 is 4.58 Å². The minimum absolute atomic E-state index is 0.749. The van der Waals surface area contributed by atoms with E-state index in [-0.39, 0.29) is 0 Å². The Balaban J connectivity index is 2.65. The molecule has 0 atom stereocenters. The van der Waals surface area contributed by atoms with Gasteiger partial charge in [0, 0.05) is 12.2 Å². The molecule has 1 N–H and O–H groups in total. The number of isothiocyanates is 1. The van der Waals surface area contributed by atoms with Gasteiger partial charge in [-0.05, 0) is 6.42 Å². The molecule has 0 spiro atoms. The van der Waals surface area contributed by atoms with Crippen LogP contribution in [0, 0.1) is 6.92 Å². The number of imidazole rings is 1. The lowest BCUT2D eigenvalue weighted by Crippen LogP contribution is -2.06. The number of aromatic nitrogens is 2. The molecule has 4 heteroatoms. The van der Waals surface area contributed by atoms with Gasteiger partial charge in [0.1, 0.15) is 11.4 Å². The highest BCUT2D eigenvalue weighted by molar-refractivity contribution is 7.78. The number of H-pyrrole nitrogens is 1. The van der Waals surface area contributed by atoms with Crippen LogP contribution >= 0.6 is 12.2 Å².